The second-order valence-corrected chi connectivity index (χ2v) is 9.37. The van der Waals surface area contributed by atoms with Crippen molar-refractivity contribution >= 4 is 11.6 Å². The quantitative estimate of drug-likeness (QED) is 0.826. The molecule has 0 aromatic heterocycles. The number of hydrogen-bond acceptors (Lipinski definition) is 3. The summed E-state index contributed by atoms with van der Waals surface area (Å²) in [5.74, 6) is 0.576. The Labute approximate surface area is 180 Å². The second kappa shape index (κ2) is 8.43. The number of carbonyl (C=O) groups is 1. The van der Waals surface area contributed by atoms with Crippen LogP contribution in [0.15, 0.2) is 54.6 Å². The summed E-state index contributed by atoms with van der Waals surface area (Å²) >= 11 is 0. The molecule has 2 aromatic rings. The fraction of sp³-hybridized carbons (Fsp3) is 0.500. The first-order chi connectivity index (χ1) is 14.7. The Kier molecular flexibility index (Phi) is 5.51. The first-order valence-electron chi connectivity index (χ1n) is 11.6. The number of rotatable bonds is 4. The van der Waals surface area contributed by atoms with Crippen molar-refractivity contribution in [3.05, 3.63) is 65.7 Å². The molecule has 1 N–H and O–H groups in total. The molecule has 0 unspecified atom stereocenters. The van der Waals surface area contributed by atoms with Gasteiger partial charge in [-0.2, -0.15) is 0 Å². The SMILES string of the molecule is O=C1CCCC[C@]2(CN(Cc3ccccc3N3CCCC3)C[C@H]2c2ccccc2)N1. The smallest absolute Gasteiger partial charge is 0.220 e. The molecule has 5 rings (SSSR count). The number of para-hydroxylation sites is 1. The van der Waals surface area contributed by atoms with Crippen LogP contribution in [0.1, 0.15) is 55.6 Å². The highest BCUT2D eigenvalue weighted by molar-refractivity contribution is 5.77. The standard InChI is InChI=1S/C26H33N3O/c30-25-14-6-7-15-26(27-25)20-28(19-23(26)21-10-2-1-3-11-21)18-22-12-4-5-13-24(22)29-16-8-9-17-29/h1-5,10-13,23H,6-9,14-20H2,(H,27,30)/t23-,26+/m0/s1. The highest BCUT2D eigenvalue weighted by Gasteiger charge is 2.48. The molecule has 1 amide bonds. The van der Waals surface area contributed by atoms with Crippen LogP contribution in [0.4, 0.5) is 5.69 Å². The van der Waals surface area contributed by atoms with Gasteiger partial charge in [0.1, 0.15) is 0 Å². The molecule has 3 saturated heterocycles. The first-order valence-corrected chi connectivity index (χ1v) is 11.6. The molecule has 3 fully saturated rings. The average molecular weight is 404 g/mol. The predicted octanol–water partition coefficient (Wildman–Crippen LogP) is 4.32. The van der Waals surface area contributed by atoms with Crippen molar-refractivity contribution in [3.8, 4) is 0 Å². The van der Waals surface area contributed by atoms with Gasteiger partial charge in [0.2, 0.25) is 5.91 Å². The molecular formula is C26H33N3O. The van der Waals surface area contributed by atoms with Crippen LogP contribution in [0.25, 0.3) is 0 Å². The molecular weight excluding hydrogens is 370 g/mol. The van der Waals surface area contributed by atoms with Gasteiger partial charge in [0, 0.05) is 50.7 Å². The largest absolute Gasteiger partial charge is 0.371 e. The molecule has 0 bridgehead atoms. The van der Waals surface area contributed by atoms with Crippen LogP contribution in [-0.2, 0) is 11.3 Å². The lowest BCUT2D eigenvalue weighted by Gasteiger charge is -2.35. The molecule has 4 heteroatoms. The number of carbonyl (C=O) groups excluding carboxylic acids is 1. The lowest BCUT2D eigenvalue weighted by molar-refractivity contribution is -0.122. The first kappa shape index (κ1) is 19.6. The van der Waals surface area contributed by atoms with E-state index in [1.807, 2.05) is 0 Å². The number of nitrogens with one attached hydrogen (secondary N) is 1. The molecule has 4 nitrogen and oxygen atoms in total. The summed E-state index contributed by atoms with van der Waals surface area (Å²) in [5, 5.41) is 3.50. The zero-order valence-electron chi connectivity index (χ0n) is 17.9. The van der Waals surface area contributed by atoms with Gasteiger partial charge in [0.25, 0.3) is 0 Å². The minimum Gasteiger partial charge on any atom is -0.371 e. The zero-order valence-corrected chi connectivity index (χ0v) is 17.9. The number of nitrogens with zero attached hydrogens (tertiary/aromatic N) is 2. The second-order valence-electron chi connectivity index (χ2n) is 9.37. The van der Waals surface area contributed by atoms with Gasteiger partial charge in [-0.15, -0.1) is 0 Å². The molecule has 158 valence electrons. The maximum Gasteiger partial charge on any atom is 0.220 e. The molecule has 1 spiro atoms. The van der Waals surface area contributed by atoms with Gasteiger partial charge in [-0.05, 0) is 42.9 Å². The van der Waals surface area contributed by atoms with Gasteiger partial charge in [0.15, 0.2) is 0 Å². The Morgan fingerprint density at radius 3 is 2.53 bits per heavy atom. The Hall–Kier alpha value is -2.33. The van der Waals surface area contributed by atoms with Crippen LogP contribution in [0.5, 0.6) is 0 Å². The van der Waals surface area contributed by atoms with Gasteiger partial charge in [0.05, 0.1) is 5.54 Å². The average Bonchev–Trinajstić information content (AvgIpc) is 3.37. The van der Waals surface area contributed by atoms with E-state index in [0.717, 1.165) is 38.9 Å². The molecule has 3 heterocycles. The molecule has 3 aliphatic rings. The van der Waals surface area contributed by atoms with E-state index >= 15 is 0 Å². The van der Waals surface area contributed by atoms with Gasteiger partial charge in [-0.25, -0.2) is 0 Å². The molecule has 2 atom stereocenters. The summed E-state index contributed by atoms with van der Waals surface area (Å²) in [6.07, 6.45) is 6.46. The molecule has 30 heavy (non-hydrogen) atoms. The molecule has 0 radical (unpaired) electrons. The monoisotopic (exact) mass is 403 g/mol. The highest BCUT2D eigenvalue weighted by atomic mass is 16.1. The van der Waals surface area contributed by atoms with E-state index in [2.05, 4.69) is 69.7 Å². The van der Waals surface area contributed by atoms with Crippen LogP contribution in [0.2, 0.25) is 0 Å². The van der Waals surface area contributed by atoms with Crippen LogP contribution < -0.4 is 10.2 Å². The molecule has 3 aliphatic heterocycles. The van der Waals surface area contributed by atoms with Gasteiger partial charge < -0.3 is 10.2 Å². The van der Waals surface area contributed by atoms with Crippen molar-refractivity contribution in [1.82, 2.24) is 10.2 Å². The Balaban J connectivity index is 1.43. The van der Waals surface area contributed by atoms with E-state index < -0.39 is 0 Å². The topological polar surface area (TPSA) is 35.6 Å². The summed E-state index contributed by atoms with van der Waals surface area (Å²) in [6.45, 7) is 5.23. The van der Waals surface area contributed by atoms with E-state index in [-0.39, 0.29) is 11.4 Å². The summed E-state index contributed by atoms with van der Waals surface area (Å²) in [6, 6.07) is 19.7. The van der Waals surface area contributed by atoms with Crippen molar-refractivity contribution in [2.45, 2.75) is 56.5 Å². The minimum atomic E-state index is -0.141. The summed E-state index contributed by atoms with van der Waals surface area (Å²) in [5.41, 5.74) is 4.03. The van der Waals surface area contributed by atoms with Crippen molar-refractivity contribution in [2.75, 3.05) is 31.1 Å². The van der Waals surface area contributed by atoms with Crippen molar-refractivity contribution in [3.63, 3.8) is 0 Å². The third-order valence-electron chi connectivity index (χ3n) is 7.31. The molecule has 0 aliphatic carbocycles. The van der Waals surface area contributed by atoms with Crippen molar-refractivity contribution in [2.24, 2.45) is 0 Å². The van der Waals surface area contributed by atoms with Crippen LogP contribution in [0, 0.1) is 0 Å². The van der Waals surface area contributed by atoms with Crippen molar-refractivity contribution in [1.29, 1.82) is 0 Å². The molecule has 0 saturated carbocycles. The number of likely N-dealkylation sites (tertiary alicyclic amines) is 1. The van der Waals surface area contributed by atoms with E-state index in [4.69, 9.17) is 0 Å². The Bertz CT molecular complexity index is 877. The lowest BCUT2D eigenvalue weighted by atomic mass is 9.79. The number of anilines is 1. The maximum absolute atomic E-state index is 12.6. The van der Waals surface area contributed by atoms with E-state index in [1.54, 1.807) is 0 Å². The third-order valence-corrected chi connectivity index (χ3v) is 7.31. The summed E-state index contributed by atoms with van der Waals surface area (Å²) in [7, 11) is 0. The summed E-state index contributed by atoms with van der Waals surface area (Å²) in [4.78, 5) is 17.7. The van der Waals surface area contributed by atoms with Crippen molar-refractivity contribution < 1.29 is 4.79 Å². The minimum absolute atomic E-state index is 0.141. The fourth-order valence-electron chi connectivity index (χ4n) is 5.90. The number of amides is 1. The van der Waals surface area contributed by atoms with E-state index in [0.29, 0.717) is 12.3 Å². The normalized spacial score (nSPS) is 27.4. The Morgan fingerprint density at radius 1 is 0.933 bits per heavy atom. The fourth-order valence-corrected chi connectivity index (χ4v) is 5.90. The zero-order chi connectivity index (χ0) is 20.4. The number of hydrogen-bond donors (Lipinski definition) is 1. The maximum atomic E-state index is 12.6. The van der Waals surface area contributed by atoms with Crippen LogP contribution >= 0.6 is 0 Å². The third kappa shape index (κ3) is 3.85. The predicted molar refractivity (Wildman–Crippen MR) is 122 cm³/mol. The van der Waals surface area contributed by atoms with Crippen LogP contribution in [0.3, 0.4) is 0 Å². The lowest BCUT2D eigenvalue weighted by Crippen LogP contribution is -2.52. The summed E-state index contributed by atoms with van der Waals surface area (Å²) < 4.78 is 0. The number of benzene rings is 2. The highest BCUT2D eigenvalue weighted by Crippen LogP contribution is 2.42. The molecule has 2 aromatic carbocycles. The van der Waals surface area contributed by atoms with Crippen LogP contribution in [-0.4, -0.2) is 42.5 Å². The van der Waals surface area contributed by atoms with E-state index in [9.17, 15) is 4.79 Å². The Morgan fingerprint density at radius 2 is 1.70 bits per heavy atom. The van der Waals surface area contributed by atoms with Gasteiger partial charge in [-0.1, -0.05) is 55.0 Å². The van der Waals surface area contributed by atoms with E-state index in [1.165, 1.54) is 42.7 Å². The van der Waals surface area contributed by atoms with Gasteiger partial charge >= 0.3 is 0 Å². The van der Waals surface area contributed by atoms with Gasteiger partial charge in [-0.3, -0.25) is 9.69 Å².